The van der Waals surface area contributed by atoms with Crippen LogP contribution in [0.2, 0.25) is 0 Å². The van der Waals surface area contributed by atoms with Gasteiger partial charge in [0.25, 0.3) is 5.92 Å². The van der Waals surface area contributed by atoms with Gasteiger partial charge in [0.1, 0.15) is 18.5 Å². The Morgan fingerprint density at radius 1 is 1.13 bits per heavy atom. The molecule has 1 aromatic carbocycles. The first kappa shape index (κ1) is 18.0. The van der Waals surface area contributed by atoms with Crippen LogP contribution in [-0.2, 0) is 6.18 Å². The second-order valence-electron chi connectivity index (χ2n) is 5.34. The topological polar surface area (TPSA) is 35.5 Å². The fourth-order valence-electron chi connectivity index (χ4n) is 2.73. The summed E-state index contributed by atoms with van der Waals surface area (Å²) in [5.74, 6) is -4.96. The highest BCUT2D eigenvalue weighted by Crippen LogP contribution is 2.43. The van der Waals surface area contributed by atoms with Gasteiger partial charge in [-0.2, -0.15) is 13.2 Å². The van der Waals surface area contributed by atoms with E-state index in [0.29, 0.717) is 25.2 Å². The number of benzene rings is 1. The van der Waals surface area contributed by atoms with Gasteiger partial charge in [-0.1, -0.05) is 6.07 Å². The number of hydrogen-bond donors (Lipinski definition) is 2. The van der Waals surface area contributed by atoms with E-state index >= 15 is 0 Å². The number of halogens is 6. The van der Waals surface area contributed by atoms with Gasteiger partial charge in [0, 0.05) is 26.2 Å². The molecule has 23 heavy (non-hydrogen) atoms. The third-order valence-electron chi connectivity index (χ3n) is 3.74. The molecule has 1 aliphatic rings. The van der Waals surface area contributed by atoms with Gasteiger partial charge in [-0.25, -0.2) is 13.2 Å². The summed E-state index contributed by atoms with van der Waals surface area (Å²) in [6.45, 7) is -0.749. The highest BCUT2D eigenvalue weighted by atomic mass is 19.4. The van der Waals surface area contributed by atoms with Crippen LogP contribution < -0.4 is 5.32 Å². The van der Waals surface area contributed by atoms with Crippen molar-refractivity contribution in [1.82, 2.24) is 10.2 Å². The fraction of sp³-hybridized carbons (Fsp3) is 0.571. The van der Waals surface area contributed by atoms with Crippen molar-refractivity contribution in [2.24, 2.45) is 0 Å². The molecule has 0 saturated carbocycles. The third-order valence-corrected chi connectivity index (χ3v) is 3.74. The van der Waals surface area contributed by atoms with Crippen LogP contribution in [0.15, 0.2) is 18.2 Å². The van der Waals surface area contributed by atoms with Crippen LogP contribution in [0, 0.1) is 5.82 Å². The summed E-state index contributed by atoms with van der Waals surface area (Å²) < 4.78 is 81.0. The van der Waals surface area contributed by atoms with Crippen LogP contribution in [0.5, 0.6) is 0 Å². The number of aliphatic hydroxyl groups is 1. The molecule has 0 radical (unpaired) electrons. The van der Waals surface area contributed by atoms with Crippen molar-refractivity contribution in [2.45, 2.75) is 18.1 Å². The summed E-state index contributed by atoms with van der Waals surface area (Å²) in [7, 11) is 0. The minimum Gasteiger partial charge on any atom is -0.390 e. The van der Waals surface area contributed by atoms with Gasteiger partial charge in [-0.3, -0.25) is 4.90 Å². The van der Waals surface area contributed by atoms with Crippen molar-refractivity contribution in [1.29, 1.82) is 0 Å². The maximum Gasteiger partial charge on any atom is 0.416 e. The van der Waals surface area contributed by atoms with Crippen molar-refractivity contribution in [2.75, 3.05) is 32.8 Å². The lowest BCUT2D eigenvalue weighted by Crippen LogP contribution is -2.51. The zero-order valence-corrected chi connectivity index (χ0v) is 12.0. The Balaban J connectivity index is 2.55. The van der Waals surface area contributed by atoms with Crippen molar-refractivity contribution in [3.8, 4) is 0 Å². The minimum atomic E-state index is -4.98. The Morgan fingerprint density at radius 2 is 1.74 bits per heavy atom. The van der Waals surface area contributed by atoms with Gasteiger partial charge < -0.3 is 10.4 Å². The van der Waals surface area contributed by atoms with Gasteiger partial charge in [-0.15, -0.1) is 0 Å². The molecule has 9 heteroatoms. The summed E-state index contributed by atoms with van der Waals surface area (Å²) >= 11 is 0. The smallest absolute Gasteiger partial charge is 0.390 e. The van der Waals surface area contributed by atoms with Gasteiger partial charge in [-0.05, 0) is 17.7 Å². The van der Waals surface area contributed by atoms with Crippen LogP contribution in [-0.4, -0.2) is 48.7 Å². The first-order valence-corrected chi connectivity index (χ1v) is 6.97. The lowest BCUT2D eigenvalue weighted by molar-refractivity contribution is -0.145. The van der Waals surface area contributed by atoms with E-state index in [4.69, 9.17) is 5.11 Å². The van der Waals surface area contributed by atoms with E-state index in [1.807, 2.05) is 0 Å². The number of hydrogen-bond acceptors (Lipinski definition) is 3. The SMILES string of the molecule is OCC(F)(F)[C@@H](c1ccc(F)cc1C(F)(F)F)N1CCNCC1. The minimum absolute atomic E-state index is 0.0922. The van der Waals surface area contributed by atoms with Gasteiger partial charge in [0.05, 0.1) is 5.56 Å². The zero-order chi connectivity index (χ0) is 17.3. The average Bonchev–Trinajstić information content (AvgIpc) is 2.49. The quantitative estimate of drug-likeness (QED) is 0.825. The maximum absolute atomic E-state index is 14.2. The number of piperazine rings is 1. The molecule has 0 aromatic heterocycles. The van der Waals surface area contributed by atoms with Crippen LogP contribution in [0.3, 0.4) is 0 Å². The first-order valence-electron chi connectivity index (χ1n) is 6.97. The lowest BCUT2D eigenvalue weighted by Gasteiger charge is -2.39. The van der Waals surface area contributed by atoms with Gasteiger partial charge >= 0.3 is 6.18 Å². The first-order chi connectivity index (χ1) is 10.7. The monoisotopic (exact) mass is 342 g/mol. The molecular weight excluding hydrogens is 326 g/mol. The van der Waals surface area contributed by atoms with E-state index in [0.717, 1.165) is 0 Å². The normalized spacial score (nSPS) is 18.9. The zero-order valence-electron chi connectivity index (χ0n) is 12.0. The molecule has 0 aliphatic carbocycles. The molecule has 2 rings (SSSR count). The Hall–Kier alpha value is -1.32. The maximum atomic E-state index is 14.2. The second-order valence-corrected chi connectivity index (χ2v) is 5.34. The number of rotatable bonds is 4. The molecule has 0 bridgehead atoms. The lowest BCUT2D eigenvalue weighted by atomic mass is 9.93. The Morgan fingerprint density at radius 3 is 2.26 bits per heavy atom. The molecule has 1 fully saturated rings. The molecule has 1 saturated heterocycles. The van der Waals surface area contributed by atoms with Crippen molar-refractivity contribution < 1.29 is 31.4 Å². The largest absolute Gasteiger partial charge is 0.416 e. The van der Waals surface area contributed by atoms with Gasteiger partial charge in [0.2, 0.25) is 0 Å². The summed E-state index contributed by atoms with van der Waals surface area (Å²) in [6, 6.07) is -0.341. The van der Waals surface area contributed by atoms with Crippen LogP contribution in [0.1, 0.15) is 17.2 Å². The second kappa shape index (κ2) is 6.66. The molecule has 1 atom stereocenters. The molecular formula is C14H16F6N2O. The predicted octanol–water partition coefficient (Wildman–Crippen LogP) is 2.42. The highest BCUT2D eigenvalue weighted by molar-refractivity contribution is 5.34. The van der Waals surface area contributed by atoms with E-state index in [-0.39, 0.29) is 19.2 Å². The molecule has 1 aromatic rings. The molecule has 0 unspecified atom stereocenters. The number of aliphatic hydroxyl groups excluding tert-OH is 1. The fourth-order valence-corrected chi connectivity index (χ4v) is 2.73. The molecule has 3 nitrogen and oxygen atoms in total. The number of nitrogens with one attached hydrogen (secondary N) is 1. The average molecular weight is 342 g/mol. The summed E-state index contributed by atoms with van der Waals surface area (Å²) in [5.41, 5.74) is -2.19. The molecule has 0 spiro atoms. The van der Waals surface area contributed by atoms with Crippen LogP contribution in [0.25, 0.3) is 0 Å². The number of alkyl halides is 5. The van der Waals surface area contributed by atoms with Crippen LogP contribution in [0.4, 0.5) is 26.3 Å². The molecule has 1 aliphatic heterocycles. The Kier molecular flexibility index (Phi) is 5.22. The van der Waals surface area contributed by atoms with E-state index < -0.39 is 41.7 Å². The van der Waals surface area contributed by atoms with E-state index in [1.165, 1.54) is 4.90 Å². The van der Waals surface area contributed by atoms with E-state index in [2.05, 4.69) is 5.32 Å². The molecule has 1 heterocycles. The molecule has 130 valence electrons. The van der Waals surface area contributed by atoms with Crippen molar-refractivity contribution >= 4 is 0 Å². The van der Waals surface area contributed by atoms with E-state index in [9.17, 15) is 26.3 Å². The third kappa shape index (κ3) is 3.96. The summed E-state index contributed by atoms with van der Waals surface area (Å²) in [4.78, 5) is 1.18. The van der Waals surface area contributed by atoms with Crippen LogP contribution >= 0.6 is 0 Å². The standard InChI is InChI=1S/C14H16F6N2O/c15-9-1-2-10(11(7-9)14(18,19)20)12(13(16,17)8-23)22-5-3-21-4-6-22/h1-2,7,12,21,23H,3-6,8H2/t12-/m1/s1. The Labute approximate surface area is 128 Å². The van der Waals surface area contributed by atoms with Gasteiger partial charge in [0.15, 0.2) is 0 Å². The molecule has 0 amide bonds. The highest BCUT2D eigenvalue weighted by Gasteiger charge is 2.48. The van der Waals surface area contributed by atoms with Crippen molar-refractivity contribution in [3.63, 3.8) is 0 Å². The predicted molar refractivity (Wildman–Crippen MR) is 70.6 cm³/mol. The summed E-state index contributed by atoms with van der Waals surface area (Å²) in [5, 5.41) is 11.9. The van der Waals surface area contributed by atoms with E-state index in [1.54, 1.807) is 0 Å². The Bertz CT molecular complexity index is 543. The summed E-state index contributed by atoms with van der Waals surface area (Å²) in [6.07, 6.45) is -4.98. The number of nitrogens with zero attached hydrogens (tertiary/aromatic N) is 1. The van der Waals surface area contributed by atoms with Crippen molar-refractivity contribution in [3.05, 3.63) is 35.1 Å². The molecule has 2 N–H and O–H groups in total.